The van der Waals surface area contributed by atoms with Crippen molar-refractivity contribution in [1.29, 1.82) is 0 Å². The van der Waals surface area contributed by atoms with Crippen molar-refractivity contribution >= 4 is 58.7 Å². The van der Waals surface area contributed by atoms with E-state index < -0.39 is 0 Å². The van der Waals surface area contributed by atoms with E-state index in [1.807, 2.05) is 30.3 Å². The van der Waals surface area contributed by atoms with Gasteiger partial charge >= 0.3 is 0 Å². The fraction of sp³-hybridized carbons (Fsp3) is 0. The third-order valence-electron chi connectivity index (χ3n) is 0.733. The second-order valence-corrected chi connectivity index (χ2v) is 1.73. The Bertz CT molecular complexity index is 145. The summed E-state index contributed by atoms with van der Waals surface area (Å²) in [6.45, 7) is 0. The van der Waals surface area contributed by atoms with E-state index in [0.717, 1.165) is 5.02 Å². The van der Waals surface area contributed by atoms with Crippen molar-refractivity contribution in [3.63, 3.8) is 0 Å². The Hall–Kier alpha value is 0.810. The third kappa shape index (κ3) is 10.8. The second-order valence-electron chi connectivity index (χ2n) is 1.30. The molecule has 0 nitrogen and oxygen atoms in total. The van der Waals surface area contributed by atoms with Gasteiger partial charge in [-0.3, -0.25) is 0 Å². The summed E-state index contributed by atoms with van der Waals surface area (Å²) in [7, 11) is 0. The lowest BCUT2D eigenvalue weighted by Gasteiger charge is -1.80. The maximum atomic E-state index is 5.54. The Kier molecular flexibility index (Phi) is 27.6. The van der Waals surface area contributed by atoms with E-state index in [-0.39, 0.29) is 47.1 Å². The number of rotatable bonds is 0. The summed E-state index contributed by atoms with van der Waals surface area (Å²) in [6.07, 6.45) is 0. The average molecular weight is 253 g/mol. The molecule has 0 aliphatic carbocycles. The summed E-state index contributed by atoms with van der Waals surface area (Å²) in [4.78, 5) is 0. The van der Waals surface area contributed by atoms with Gasteiger partial charge in [0.05, 0.1) is 0 Å². The predicted octanol–water partition coefficient (Wildman–Crippen LogP) is 4.47. The van der Waals surface area contributed by atoms with Gasteiger partial charge in [0.25, 0.3) is 0 Å². The van der Waals surface area contributed by atoms with Crippen LogP contribution in [0.5, 0.6) is 0 Å². The summed E-state index contributed by atoms with van der Waals surface area (Å²) >= 11 is 5.54. The Labute approximate surface area is 93.9 Å². The molecule has 0 aliphatic heterocycles. The van der Waals surface area contributed by atoms with E-state index in [4.69, 9.17) is 11.6 Å². The van der Waals surface area contributed by atoms with E-state index in [2.05, 4.69) is 0 Å². The molecule has 1 rings (SSSR count). The smallest absolute Gasteiger partial charge is 0.0405 e. The van der Waals surface area contributed by atoms with Crippen LogP contribution in [0.25, 0.3) is 0 Å². The first-order valence-corrected chi connectivity index (χ1v) is 2.48. The van der Waals surface area contributed by atoms with Crippen molar-refractivity contribution in [2.45, 2.75) is 0 Å². The molecule has 0 fully saturated rings. The van der Waals surface area contributed by atoms with Gasteiger partial charge in [-0.1, -0.05) is 29.8 Å². The second kappa shape index (κ2) is 13.4. The van der Waals surface area contributed by atoms with Crippen molar-refractivity contribution in [1.82, 2.24) is 0 Å². The number of hydrogen-bond acceptors (Lipinski definition) is 0. The van der Waals surface area contributed by atoms with Crippen LogP contribution in [0, 0.1) is 0 Å². The molecule has 0 heterocycles. The molecule has 0 saturated heterocycles. The molecule has 11 heavy (non-hydrogen) atoms. The highest BCUT2D eigenvalue weighted by Gasteiger charge is 1.74. The molecular weight excluding hydrogens is 245 g/mol. The van der Waals surface area contributed by atoms with Gasteiger partial charge in [0.15, 0.2) is 0 Å². The van der Waals surface area contributed by atoms with Crippen LogP contribution in [0.1, 0.15) is 0 Å². The highest BCUT2D eigenvalue weighted by molar-refractivity contribution is 6.92. The molecule has 5 heteroatoms. The lowest BCUT2D eigenvalue weighted by Crippen LogP contribution is -1.55. The van der Waals surface area contributed by atoms with E-state index >= 15 is 0 Å². The van der Waals surface area contributed by atoms with Gasteiger partial charge < -0.3 is 0 Å². The maximum absolute atomic E-state index is 5.54. The van der Waals surface area contributed by atoms with Gasteiger partial charge in [-0.15, -0.1) is 37.2 Å². The van der Waals surface area contributed by atoms with Crippen LogP contribution in [0.15, 0.2) is 30.3 Å². The van der Waals surface area contributed by atoms with Crippen LogP contribution in [0.2, 0.25) is 5.02 Å². The van der Waals surface area contributed by atoms with Crippen LogP contribution in [-0.4, -0.2) is 0 Å². The molecule has 0 amide bonds. The molecule has 0 unspecified atom stereocenters. The average Bonchev–Trinajstić information content (AvgIpc) is 1.69. The molecular formula is C6H8Cl4P. The topological polar surface area (TPSA) is 0 Å². The fourth-order valence-electron chi connectivity index (χ4n) is 0.415. The molecule has 1 aromatic carbocycles. The third-order valence-corrected chi connectivity index (χ3v) is 0.985. The first-order chi connectivity index (χ1) is 3.39. The van der Waals surface area contributed by atoms with Gasteiger partial charge in [0, 0.05) is 14.9 Å². The van der Waals surface area contributed by atoms with Crippen molar-refractivity contribution in [3.05, 3.63) is 35.4 Å². The van der Waals surface area contributed by atoms with Gasteiger partial charge in [0.2, 0.25) is 0 Å². The van der Waals surface area contributed by atoms with Gasteiger partial charge in [-0.2, -0.15) is 0 Å². The lowest BCUT2D eigenvalue weighted by atomic mass is 10.4. The van der Waals surface area contributed by atoms with Crippen LogP contribution < -0.4 is 0 Å². The Morgan fingerprint density at radius 1 is 0.818 bits per heavy atom. The van der Waals surface area contributed by atoms with Crippen LogP contribution >= 0.6 is 58.7 Å². The largest absolute Gasteiger partial charge is 0.147 e. The summed E-state index contributed by atoms with van der Waals surface area (Å²) < 4.78 is 0. The summed E-state index contributed by atoms with van der Waals surface area (Å²) in [6, 6.07) is 9.44. The van der Waals surface area contributed by atoms with Crippen molar-refractivity contribution in [2.24, 2.45) is 0 Å². The molecule has 0 aromatic heterocycles. The van der Waals surface area contributed by atoms with Crippen LogP contribution in [-0.2, 0) is 0 Å². The number of benzene rings is 1. The first-order valence-electron chi connectivity index (χ1n) is 2.10. The molecule has 0 bridgehead atoms. The van der Waals surface area contributed by atoms with Gasteiger partial charge in [0.1, 0.15) is 0 Å². The lowest BCUT2D eigenvalue weighted by molar-refractivity contribution is 1.71. The molecule has 3 radical (unpaired) electrons. The van der Waals surface area contributed by atoms with Crippen molar-refractivity contribution in [2.75, 3.05) is 0 Å². The molecule has 0 saturated carbocycles. The minimum absolute atomic E-state index is 0. The molecule has 0 atom stereocenters. The molecule has 65 valence electrons. The molecule has 0 aliphatic rings. The van der Waals surface area contributed by atoms with Crippen LogP contribution in [0.4, 0.5) is 0 Å². The minimum Gasteiger partial charge on any atom is -0.147 e. The Morgan fingerprint density at radius 3 is 1.36 bits per heavy atom. The highest BCUT2D eigenvalue weighted by Crippen LogP contribution is 2.03. The van der Waals surface area contributed by atoms with E-state index in [9.17, 15) is 0 Å². The van der Waals surface area contributed by atoms with Crippen LogP contribution in [0.3, 0.4) is 0 Å². The Morgan fingerprint density at radius 2 is 1.18 bits per heavy atom. The predicted molar refractivity (Wildman–Crippen MR) is 60.1 cm³/mol. The molecule has 0 N–H and O–H groups in total. The SMILES string of the molecule is Cl.Cl.Cl.Clc1ccccc1.[P]. The van der Waals surface area contributed by atoms with Gasteiger partial charge in [-0.25, -0.2) is 0 Å². The quantitative estimate of drug-likeness (QED) is 0.598. The monoisotopic (exact) mass is 251 g/mol. The van der Waals surface area contributed by atoms with Crippen molar-refractivity contribution < 1.29 is 0 Å². The number of hydrogen-bond donors (Lipinski definition) is 0. The summed E-state index contributed by atoms with van der Waals surface area (Å²) in [5, 5.41) is 0.794. The van der Waals surface area contributed by atoms with Gasteiger partial charge in [-0.05, 0) is 12.1 Å². The zero-order valence-electron chi connectivity index (χ0n) is 5.44. The normalized spacial score (nSPS) is 5.55. The maximum Gasteiger partial charge on any atom is 0.0405 e. The highest BCUT2D eigenvalue weighted by atomic mass is 35.5. The number of halogens is 4. The minimum atomic E-state index is 0. The zero-order valence-corrected chi connectivity index (χ0v) is 9.54. The molecule has 0 spiro atoms. The summed E-state index contributed by atoms with van der Waals surface area (Å²) in [5.41, 5.74) is 0. The van der Waals surface area contributed by atoms with Crippen molar-refractivity contribution in [3.8, 4) is 0 Å². The van der Waals surface area contributed by atoms with E-state index in [1.165, 1.54) is 0 Å². The van der Waals surface area contributed by atoms with E-state index in [0.29, 0.717) is 0 Å². The standard InChI is InChI=1S/C6H5Cl.3ClH.P/c7-6-4-2-1-3-5-6;;;;/h1-5H;3*1H;. The first kappa shape index (κ1) is 22.6. The fourth-order valence-corrected chi connectivity index (χ4v) is 0.560. The molecule has 1 aromatic rings. The Balaban J connectivity index is -0.0000000612. The zero-order chi connectivity index (χ0) is 5.11. The van der Waals surface area contributed by atoms with E-state index in [1.54, 1.807) is 0 Å². The summed E-state index contributed by atoms with van der Waals surface area (Å²) in [5.74, 6) is 0.